The van der Waals surface area contributed by atoms with Crippen LogP contribution >= 0.6 is 11.6 Å². The van der Waals surface area contributed by atoms with Gasteiger partial charge in [-0.2, -0.15) is 0 Å². The van der Waals surface area contributed by atoms with Crippen molar-refractivity contribution in [3.63, 3.8) is 0 Å². The highest BCUT2D eigenvalue weighted by atomic mass is 35.5. The van der Waals surface area contributed by atoms with E-state index in [1.807, 2.05) is 19.9 Å². The molecule has 0 bridgehead atoms. The van der Waals surface area contributed by atoms with Gasteiger partial charge in [0.25, 0.3) is 5.69 Å². The number of benzene rings is 1. The molecule has 4 nitrogen and oxygen atoms in total. The Balaban J connectivity index is 2.76. The summed E-state index contributed by atoms with van der Waals surface area (Å²) in [5.41, 5.74) is 1.79. The van der Waals surface area contributed by atoms with Crippen molar-refractivity contribution in [3.05, 3.63) is 50.5 Å². The minimum absolute atomic E-state index is 0.0576. The van der Waals surface area contributed by atoms with E-state index >= 15 is 0 Å². The SMILES string of the molecule is CC(C)=CCNCc1c(Cl)cccc1[N+](=O)[O-]. The molecule has 0 heterocycles. The number of nitro benzene ring substituents is 1. The standard InChI is InChI=1S/C12H15ClN2O2/c1-9(2)6-7-14-8-10-11(13)4-3-5-12(10)15(16)17/h3-6,14H,7-8H2,1-2H3. The smallest absolute Gasteiger partial charge is 0.275 e. The van der Waals surface area contributed by atoms with E-state index in [-0.39, 0.29) is 5.69 Å². The van der Waals surface area contributed by atoms with Gasteiger partial charge in [-0.25, -0.2) is 0 Å². The predicted octanol–water partition coefficient (Wildman–Crippen LogP) is 3.30. The Kier molecular flexibility index (Phi) is 5.12. The number of hydrogen-bond donors (Lipinski definition) is 1. The highest BCUT2D eigenvalue weighted by molar-refractivity contribution is 6.31. The average molecular weight is 255 g/mol. The van der Waals surface area contributed by atoms with Gasteiger partial charge in [0, 0.05) is 19.2 Å². The lowest BCUT2D eigenvalue weighted by molar-refractivity contribution is -0.385. The van der Waals surface area contributed by atoms with Gasteiger partial charge >= 0.3 is 0 Å². The molecule has 0 unspecified atom stereocenters. The zero-order valence-electron chi connectivity index (χ0n) is 9.87. The Morgan fingerprint density at radius 3 is 2.82 bits per heavy atom. The number of halogens is 1. The lowest BCUT2D eigenvalue weighted by Crippen LogP contribution is -2.14. The van der Waals surface area contributed by atoms with E-state index < -0.39 is 4.92 Å². The number of allylic oxidation sites excluding steroid dienone is 1. The van der Waals surface area contributed by atoms with Gasteiger partial charge in [0.2, 0.25) is 0 Å². The third-order valence-corrected chi connectivity index (χ3v) is 2.60. The first-order chi connectivity index (χ1) is 8.02. The highest BCUT2D eigenvalue weighted by Gasteiger charge is 2.15. The molecule has 1 N–H and O–H groups in total. The molecule has 0 amide bonds. The van der Waals surface area contributed by atoms with Crippen LogP contribution in [-0.2, 0) is 6.54 Å². The largest absolute Gasteiger partial charge is 0.309 e. The lowest BCUT2D eigenvalue weighted by Gasteiger charge is -2.05. The molecule has 0 saturated carbocycles. The maximum Gasteiger partial charge on any atom is 0.275 e. The van der Waals surface area contributed by atoms with Gasteiger partial charge in [-0.3, -0.25) is 10.1 Å². The number of nitrogens with one attached hydrogen (secondary N) is 1. The Morgan fingerprint density at radius 1 is 1.53 bits per heavy atom. The minimum atomic E-state index is -0.413. The van der Waals surface area contributed by atoms with Crippen molar-refractivity contribution < 1.29 is 4.92 Å². The molecule has 0 radical (unpaired) electrons. The summed E-state index contributed by atoms with van der Waals surface area (Å²) in [5.74, 6) is 0. The molecule has 92 valence electrons. The van der Waals surface area contributed by atoms with Crippen LogP contribution < -0.4 is 5.32 Å². The number of nitro groups is 1. The van der Waals surface area contributed by atoms with Crippen molar-refractivity contribution in [3.8, 4) is 0 Å². The Morgan fingerprint density at radius 2 is 2.24 bits per heavy atom. The molecule has 0 aliphatic rings. The van der Waals surface area contributed by atoms with Crippen LogP contribution in [0.2, 0.25) is 5.02 Å². The van der Waals surface area contributed by atoms with Gasteiger partial charge in [0.15, 0.2) is 0 Å². The molecule has 0 fully saturated rings. The van der Waals surface area contributed by atoms with Crippen LogP contribution in [0.5, 0.6) is 0 Å². The first-order valence-corrected chi connectivity index (χ1v) is 5.66. The van der Waals surface area contributed by atoms with Gasteiger partial charge in [-0.1, -0.05) is 29.3 Å². The Labute approximate surface area is 105 Å². The van der Waals surface area contributed by atoms with E-state index in [0.717, 1.165) is 0 Å². The molecule has 0 aliphatic heterocycles. The lowest BCUT2D eigenvalue weighted by atomic mass is 10.2. The molecule has 5 heteroatoms. The van der Waals surface area contributed by atoms with Gasteiger partial charge in [0.05, 0.1) is 15.5 Å². The van der Waals surface area contributed by atoms with Crippen LogP contribution in [0.25, 0.3) is 0 Å². The van der Waals surface area contributed by atoms with E-state index in [0.29, 0.717) is 23.7 Å². The fraction of sp³-hybridized carbons (Fsp3) is 0.333. The van der Waals surface area contributed by atoms with E-state index in [9.17, 15) is 10.1 Å². The van der Waals surface area contributed by atoms with Crippen molar-refractivity contribution in [1.82, 2.24) is 5.32 Å². The minimum Gasteiger partial charge on any atom is -0.309 e. The second-order valence-electron chi connectivity index (χ2n) is 3.91. The number of hydrogen-bond acceptors (Lipinski definition) is 3. The summed E-state index contributed by atoms with van der Waals surface area (Å²) in [6, 6.07) is 4.70. The molecule has 1 aromatic carbocycles. The second-order valence-corrected chi connectivity index (χ2v) is 4.31. The monoisotopic (exact) mass is 254 g/mol. The molecule has 0 aliphatic carbocycles. The fourth-order valence-corrected chi connectivity index (χ4v) is 1.60. The topological polar surface area (TPSA) is 55.2 Å². The fourth-order valence-electron chi connectivity index (χ4n) is 1.37. The maximum absolute atomic E-state index is 10.8. The first-order valence-electron chi connectivity index (χ1n) is 5.28. The maximum atomic E-state index is 10.8. The summed E-state index contributed by atoms with van der Waals surface area (Å²) >= 11 is 5.96. The Bertz CT molecular complexity index is 440. The van der Waals surface area contributed by atoms with Crippen molar-refractivity contribution in [2.24, 2.45) is 0 Å². The van der Waals surface area contributed by atoms with Crippen LogP contribution in [0.3, 0.4) is 0 Å². The third-order valence-electron chi connectivity index (χ3n) is 2.25. The predicted molar refractivity (Wildman–Crippen MR) is 69.2 cm³/mol. The molecule has 17 heavy (non-hydrogen) atoms. The summed E-state index contributed by atoms with van der Waals surface area (Å²) in [7, 11) is 0. The molecular weight excluding hydrogens is 240 g/mol. The average Bonchev–Trinajstić information content (AvgIpc) is 2.25. The van der Waals surface area contributed by atoms with E-state index in [1.54, 1.807) is 12.1 Å². The molecule has 0 spiro atoms. The van der Waals surface area contributed by atoms with Crippen LogP contribution in [0, 0.1) is 10.1 Å². The van der Waals surface area contributed by atoms with E-state index in [4.69, 9.17) is 11.6 Å². The van der Waals surface area contributed by atoms with Crippen molar-refractivity contribution >= 4 is 17.3 Å². The Hall–Kier alpha value is -1.39. The summed E-state index contributed by atoms with van der Waals surface area (Å²) in [6.07, 6.45) is 2.02. The highest BCUT2D eigenvalue weighted by Crippen LogP contribution is 2.25. The van der Waals surface area contributed by atoms with Gasteiger partial charge < -0.3 is 5.32 Å². The summed E-state index contributed by atoms with van der Waals surface area (Å²) < 4.78 is 0. The van der Waals surface area contributed by atoms with Crippen LogP contribution in [-0.4, -0.2) is 11.5 Å². The van der Waals surface area contributed by atoms with Gasteiger partial charge in [0.1, 0.15) is 0 Å². The molecular formula is C12H15ClN2O2. The number of nitrogens with zero attached hydrogens (tertiary/aromatic N) is 1. The quantitative estimate of drug-likeness (QED) is 0.380. The molecule has 0 aromatic heterocycles. The summed E-state index contributed by atoms with van der Waals surface area (Å²) in [5, 5.41) is 14.3. The van der Waals surface area contributed by atoms with Crippen LogP contribution in [0.1, 0.15) is 19.4 Å². The van der Waals surface area contributed by atoms with E-state index in [1.165, 1.54) is 11.6 Å². The molecule has 1 aromatic rings. The summed E-state index contributed by atoms with van der Waals surface area (Å²) in [6.45, 7) is 5.06. The van der Waals surface area contributed by atoms with Crippen LogP contribution in [0.15, 0.2) is 29.8 Å². The van der Waals surface area contributed by atoms with Crippen molar-refractivity contribution in [2.75, 3.05) is 6.54 Å². The van der Waals surface area contributed by atoms with E-state index in [2.05, 4.69) is 5.32 Å². The summed E-state index contributed by atoms with van der Waals surface area (Å²) in [4.78, 5) is 10.4. The van der Waals surface area contributed by atoms with Gasteiger partial charge in [-0.05, 0) is 19.9 Å². The number of rotatable bonds is 5. The van der Waals surface area contributed by atoms with Gasteiger partial charge in [-0.15, -0.1) is 0 Å². The van der Waals surface area contributed by atoms with Crippen molar-refractivity contribution in [1.29, 1.82) is 0 Å². The van der Waals surface area contributed by atoms with Crippen molar-refractivity contribution in [2.45, 2.75) is 20.4 Å². The normalized spacial score (nSPS) is 10.1. The zero-order valence-corrected chi connectivity index (χ0v) is 10.6. The van der Waals surface area contributed by atoms with Crippen LogP contribution in [0.4, 0.5) is 5.69 Å². The molecule has 1 rings (SSSR count). The second kappa shape index (κ2) is 6.37. The zero-order chi connectivity index (χ0) is 12.8. The third kappa shape index (κ3) is 4.17. The first kappa shape index (κ1) is 13.7. The molecule has 0 saturated heterocycles. The molecule has 0 atom stereocenters.